The Morgan fingerprint density at radius 3 is 1.10 bits per heavy atom. The Hall–Kier alpha value is -8.00. The van der Waals surface area contributed by atoms with Gasteiger partial charge in [0.25, 0.3) is 0 Å². The third-order valence-corrected chi connectivity index (χ3v) is 12.1. The van der Waals surface area contributed by atoms with Crippen LogP contribution in [0.2, 0.25) is 0 Å². The fourth-order valence-corrected chi connectivity index (χ4v) is 9.03. The molecule has 0 saturated carbocycles. The van der Waals surface area contributed by atoms with Crippen LogP contribution in [-0.2, 0) is 0 Å². The fourth-order valence-electron chi connectivity index (χ4n) is 9.03. The van der Waals surface area contributed by atoms with Crippen LogP contribution in [0.1, 0.15) is 0 Å². The lowest BCUT2D eigenvalue weighted by molar-refractivity contribution is 1.28. The monoisotopic (exact) mass is 775 g/mol. The molecule has 0 atom stereocenters. The molecule has 11 aromatic carbocycles. The van der Waals surface area contributed by atoms with Crippen LogP contribution in [0.3, 0.4) is 0 Å². The molecule has 0 amide bonds. The Balaban J connectivity index is 1.10. The number of hydrogen-bond donors (Lipinski definition) is 0. The number of anilines is 3. The second-order valence-electron chi connectivity index (χ2n) is 15.7. The molecular weight excluding hydrogens is 735 g/mol. The van der Waals surface area contributed by atoms with E-state index in [0.717, 1.165) is 17.1 Å². The highest BCUT2D eigenvalue weighted by Gasteiger charge is 2.21. The number of hydrogen-bond acceptors (Lipinski definition) is 1. The van der Waals surface area contributed by atoms with Gasteiger partial charge in [0.1, 0.15) is 0 Å². The van der Waals surface area contributed by atoms with E-state index in [1.165, 1.54) is 88.0 Å². The Kier molecular flexibility index (Phi) is 9.26. The van der Waals surface area contributed by atoms with Gasteiger partial charge in [-0.1, -0.05) is 218 Å². The second kappa shape index (κ2) is 15.6. The van der Waals surface area contributed by atoms with E-state index in [0.29, 0.717) is 0 Å². The van der Waals surface area contributed by atoms with Gasteiger partial charge >= 0.3 is 0 Å². The molecule has 0 saturated heterocycles. The van der Waals surface area contributed by atoms with Gasteiger partial charge in [0, 0.05) is 16.9 Å². The lowest BCUT2D eigenvalue weighted by Crippen LogP contribution is -2.11. The molecule has 61 heavy (non-hydrogen) atoms. The van der Waals surface area contributed by atoms with Gasteiger partial charge in [-0.3, -0.25) is 0 Å². The van der Waals surface area contributed by atoms with E-state index >= 15 is 0 Å². The van der Waals surface area contributed by atoms with Gasteiger partial charge in [-0.05, 0) is 113 Å². The predicted octanol–water partition coefficient (Wildman–Crippen LogP) is 17.0. The molecule has 0 bridgehead atoms. The van der Waals surface area contributed by atoms with E-state index in [2.05, 4.69) is 254 Å². The van der Waals surface area contributed by atoms with Crippen molar-refractivity contribution in [2.75, 3.05) is 4.90 Å². The average Bonchev–Trinajstić information content (AvgIpc) is 3.34. The van der Waals surface area contributed by atoms with Crippen LogP contribution >= 0.6 is 0 Å². The Labute approximate surface area is 357 Å². The van der Waals surface area contributed by atoms with Crippen LogP contribution in [0.15, 0.2) is 249 Å². The molecule has 0 aliphatic rings. The van der Waals surface area contributed by atoms with Gasteiger partial charge in [-0.15, -0.1) is 0 Å². The molecule has 11 rings (SSSR count). The molecule has 1 heteroatoms. The number of fused-ring (bicyclic) bond motifs is 3. The van der Waals surface area contributed by atoms with Crippen molar-refractivity contribution in [2.45, 2.75) is 0 Å². The molecule has 1 nitrogen and oxygen atoms in total. The summed E-state index contributed by atoms with van der Waals surface area (Å²) < 4.78 is 0. The first-order valence-electron chi connectivity index (χ1n) is 21.0. The van der Waals surface area contributed by atoms with Gasteiger partial charge < -0.3 is 4.90 Å². The lowest BCUT2D eigenvalue weighted by Gasteiger charge is -2.29. The second-order valence-corrected chi connectivity index (χ2v) is 15.7. The number of rotatable bonds is 8. The predicted molar refractivity (Wildman–Crippen MR) is 261 cm³/mol. The standard InChI is InChI=1S/C60H41N/c1-2-13-42(14-3-1)43-27-29-44(30-28-43)45-31-36-51(37-32-45)61(52-38-33-49(34-39-52)55-24-10-18-46-15-4-7-21-53(46)55)60-41-50(57-25-11-19-47-16-5-8-22-54(47)57)35-40-59(60)58-26-12-20-48-17-6-9-23-56(48)58/h1-41H. The molecular formula is C60H41N. The first-order valence-corrected chi connectivity index (χ1v) is 21.0. The molecule has 0 radical (unpaired) electrons. The summed E-state index contributed by atoms with van der Waals surface area (Å²) in [6.07, 6.45) is 0. The first-order chi connectivity index (χ1) is 30.2. The van der Waals surface area contributed by atoms with Crippen molar-refractivity contribution in [3.05, 3.63) is 249 Å². The van der Waals surface area contributed by atoms with Crippen LogP contribution in [0.5, 0.6) is 0 Å². The molecule has 0 fully saturated rings. The summed E-state index contributed by atoms with van der Waals surface area (Å²) in [7, 11) is 0. The Morgan fingerprint density at radius 1 is 0.213 bits per heavy atom. The van der Waals surface area contributed by atoms with Gasteiger partial charge in [0.05, 0.1) is 5.69 Å². The van der Waals surface area contributed by atoms with E-state index < -0.39 is 0 Å². The summed E-state index contributed by atoms with van der Waals surface area (Å²) in [5.74, 6) is 0. The minimum Gasteiger partial charge on any atom is -0.310 e. The minimum absolute atomic E-state index is 1.08. The molecule has 0 heterocycles. The van der Waals surface area contributed by atoms with Crippen molar-refractivity contribution in [1.29, 1.82) is 0 Å². The lowest BCUT2D eigenvalue weighted by atomic mass is 9.92. The van der Waals surface area contributed by atoms with Crippen LogP contribution in [0.4, 0.5) is 17.1 Å². The molecule has 0 spiro atoms. The normalized spacial score (nSPS) is 11.3. The smallest absolute Gasteiger partial charge is 0.0546 e. The number of benzene rings is 11. The van der Waals surface area contributed by atoms with E-state index in [-0.39, 0.29) is 0 Å². The topological polar surface area (TPSA) is 3.24 Å². The van der Waals surface area contributed by atoms with Crippen molar-refractivity contribution in [3.8, 4) is 55.6 Å². The third-order valence-electron chi connectivity index (χ3n) is 12.1. The highest BCUT2D eigenvalue weighted by Crippen LogP contribution is 2.46. The molecule has 0 aliphatic carbocycles. The number of nitrogens with zero attached hydrogens (tertiary/aromatic N) is 1. The summed E-state index contributed by atoms with van der Waals surface area (Å²) in [4.78, 5) is 2.45. The van der Waals surface area contributed by atoms with Crippen LogP contribution in [0, 0.1) is 0 Å². The average molecular weight is 776 g/mol. The maximum Gasteiger partial charge on any atom is 0.0546 e. The Bertz CT molecular complexity index is 3310. The van der Waals surface area contributed by atoms with Gasteiger partial charge in [-0.2, -0.15) is 0 Å². The zero-order chi connectivity index (χ0) is 40.5. The quantitative estimate of drug-likeness (QED) is 0.149. The van der Waals surface area contributed by atoms with Gasteiger partial charge in [0.15, 0.2) is 0 Å². The maximum atomic E-state index is 2.45. The van der Waals surface area contributed by atoms with Crippen LogP contribution < -0.4 is 4.90 Å². The summed E-state index contributed by atoms with van der Waals surface area (Å²) in [6, 6.07) is 90.6. The summed E-state index contributed by atoms with van der Waals surface area (Å²) in [6.45, 7) is 0. The SMILES string of the molecule is c1ccc(-c2ccc(-c3ccc(N(c4ccc(-c5cccc6ccccc56)cc4)c4cc(-c5cccc6ccccc56)ccc4-c4cccc5ccccc45)cc3)cc2)cc1. The minimum atomic E-state index is 1.08. The summed E-state index contributed by atoms with van der Waals surface area (Å²) >= 11 is 0. The van der Waals surface area contributed by atoms with E-state index in [9.17, 15) is 0 Å². The van der Waals surface area contributed by atoms with Crippen LogP contribution in [0.25, 0.3) is 88.0 Å². The summed E-state index contributed by atoms with van der Waals surface area (Å²) in [5.41, 5.74) is 15.2. The maximum absolute atomic E-state index is 2.45. The Morgan fingerprint density at radius 2 is 0.574 bits per heavy atom. The van der Waals surface area contributed by atoms with Crippen molar-refractivity contribution in [2.24, 2.45) is 0 Å². The molecule has 0 aliphatic heterocycles. The summed E-state index contributed by atoms with van der Waals surface area (Å²) in [5, 5.41) is 7.41. The van der Waals surface area contributed by atoms with E-state index in [4.69, 9.17) is 0 Å². The van der Waals surface area contributed by atoms with Crippen molar-refractivity contribution in [1.82, 2.24) is 0 Å². The molecule has 11 aromatic rings. The van der Waals surface area contributed by atoms with Crippen LogP contribution in [-0.4, -0.2) is 0 Å². The highest BCUT2D eigenvalue weighted by molar-refractivity contribution is 6.04. The third kappa shape index (κ3) is 6.83. The van der Waals surface area contributed by atoms with Crippen molar-refractivity contribution in [3.63, 3.8) is 0 Å². The highest BCUT2D eigenvalue weighted by atomic mass is 15.1. The van der Waals surface area contributed by atoms with E-state index in [1.54, 1.807) is 0 Å². The van der Waals surface area contributed by atoms with Gasteiger partial charge in [-0.25, -0.2) is 0 Å². The largest absolute Gasteiger partial charge is 0.310 e. The first kappa shape index (κ1) is 36.1. The molecule has 0 unspecified atom stereocenters. The van der Waals surface area contributed by atoms with Crippen molar-refractivity contribution < 1.29 is 0 Å². The zero-order valence-electron chi connectivity index (χ0n) is 33.6. The molecule has 0 aromatic heterocycles. The molecule has 0 N–H and O–H groups in total. The van der Waals surface area contributed by atoms with Crippen molar-refractivity contribution >= 4 is 49.4 Å². The zero-order valence-corrected chi connectivity index (χ0v) is 33.6. The van der Waals surface area contributed by atoms with E-state index in [1.807, 2.05) is 0 Å². The molecule has 286 valence electrons. The van der Waals surface area contributed by atoms with Gasteiger partial charge in [0.2, 0.25) is 0 Å². The fraction of sp³-hybridized carbons (Fsp3) is 0.